The van der Waals surface area contributed by atoms with E-state index in [0.717, 1.165) is 30.1 Å². The van der Waals surface area contributed by atoms with Crippen LogP contribution in [0, 0.1) is 6.92 Å². The molecule has 0 saturated carbocycles. The predicted molar refractivity (Wildman–Crippen MR) is 119 cm³/mol. The summed E-state index contributed by atoms with van der Waals surface area (Å²) in [4.78, 5) is 18.3. The second-order valence-corrected chi connectivity index (χ2v) is 8.57. The van der Waals surface area contributed by atoms with Crippen LogP contribution < -0.4 is 5.32 Å². The number of hydrogen-bond donors (Lipinski definition) is 1. The summed E-state index contributed by atoms with van der Waals surface area (Å²) in [6.07, 6.45) is -1.62. The highest BCUT2D eigenvalue weighted by molar-refractivity contribution is 8.03. The van der Waals surface area contributed by atoms with E-state index in [2.05, 4.69) is 16.4 Å². The van der Waals surface area contributed by atoms with Crippen molar-refractivity contribution in [2.24, 2.45) is 0 Å². The standard InChI is InChI=1S/C24H21F3N2O2S/c1-15-21(29-23(31-15)18-6-8-19(9-7-18)24(25,26)27)10-11-22(30)17-4-2-16(3-5-17)12-20-13-28-14-32-20/h2-9,12,28H,10-11,13-14H2,1H3. The van der Waals surface area contributed by atoms with Crippen molar-refractivity contribution in [1.82, 2.24) is 10.3 Å². The number of halogens is 3. The van der Waals surface area contributed by atoms with Gasteiger partial charge in [0, 0.05) is 41.3 Å². The van der Waals surface area contributed by atoms with Crippen LogP contribution in [0.15, 0.2) is 57.9 Å². The van der Waals surface area contributed by atoms with Crippen LogP contribution in [0.25, 0.3) is 17.5 Å². The molecule has 1 N–H and O–H groups in total. The molecular weight excluding hydrogens is 437 g/mol. The highest BCUT2D eigenvalue weighted by Gasteiger charge is 2.30. The van der Waals surface area contributed by atoms with Gasteiger partial charge in [-0.1, -0.05) is 24.3 Å². The highest BCUT2D eigenvalue weighted by atomic mass is 32.2. The van der Waals surface area contributed by atoms with Gasteiger partial charge in [0.05, 0.1) is 11.3 Å². The largest absolute Gasteiger partial charge is 0.441 e. The summed E-state index contributed by atoms with van der Waals surface area (Å²) in [7, 11) is 0. The van der Waals surface area contributed by atoms with E-state index in [1.807, 2.05) is 24.3 Å². The molecule has 4 nitrogen and oxygen atoms in total. The lowest BCUT2D eigenvalue weighted by molar-refractivity contribution is -0.137. The van der Waals surface area contributed by atoms with Crippen molar-refractivity contribution in [3.63, 3.8) is 0 Å². The molecule has 32 heavy (non-hydrogen) atoms. The minimum absolute atomic E-state index is 0.000378. The van der Waals surface area contributed by atoms with Crippen molar-refractivity contribution in [3.8, 4) is 11.5 Å². The molecule has 0 spiro atoms. The Bertz CT molecular complexity index is 1130. The van der Waals surface area contributed by atoms with Crippen LogP contribution in [0.5, 0.6) is 0 Å². The zero-order valence-electron chi connectivity index (χ0n) is 17.3. The van der Waals surface area contributed by atoms with Gasteiger partial charge in [0.1, 0.15) is 5.76 Å². The number of nitrogens with zero attached hydrogens (tertiary/aromatic N) is 1. The number of Topliss-reactive ketones (excluding diaryl/α,β-unsaturated/α-hetero) is 1. The number of rotatable bonds is 6. The van der Waals surface area contributed by atoms with Gasteiger partial charge in [-0.25, -0.2) is 4.98 Å². The molecule has 166 valence electrons. The lowest BCUT2D eigenvalue weighted by Crippen LogP contribution is -2.04. The maximum atomic E-state index is 12.7. The maximum Gasteiger partial charge on any atom is 0.416 e. The third-order valence-corrected chi connectivity index (χ3v) is 6.14. The number of carbonyl (C=O) groups excluding carboxylic acids is 1. The van der Waals surface area contributed by atoms with E-state index in [-0.39, 0.29) is 18.1 Å². The Morgan fingerprint density at radius 1 is 1.16 bits per heavy atom. The molecule has 1 fully saturated rings. The zero-order valence-corrected chi connectivity index (χ0v) is 18.1. The number of oxazole rings is 1. The molecule has 8 heteroatoms. The molecule has 2 heterocycles. The average molecular weight is 459 g/mol. The van der Waals surface area contributed by atoms with Gasteiger partial charge in [-0.05, 0) is 42.8 Å². The fourth-order valence-electron chi connectivity index (χ4n) is 3.37. The van der Waals surface area contributed by atoms with Crippen LogP contribution in [0.1, 0.15) is 39.4 Å². The van der Waals surface area contributed by atoms with Gasteiger partial charge in [0.2, 0.25) is 5.89 Å². The van der Waals surface area contributed by atoms with E-state index in [9.17, 15) is 18.0 Å². The maximum absolute atomic E-state index is 12.7. The summed E-state index contributed by atoms with van der Waals surface area (Å²) >= 11 is 1.77. The Morgan fingerprint density at radius 3 is 2.50 bits per heavy atom. The summed E-state index contributed by atoms with van der Waals surface area (Å²) in [5, 5.41) is 3.26. The summed E-state index contributed by atoms with van der Waals surface area (Å²) in [6.45, 7) is 2.61. The van der Waals surface area contributed by atoms with Crippen LogP contribution in [-0.4, -0.2) is 23.2 Å². The third-order valence-electron chi connectivity index (χ3n) is 5.16. The molecule has 1 aromatic heterocycles. The number of hydrogen-bond acceptors (Lipinski definition) is 5. The molecule has 1 saturated heterocycles. The van der Waals surface area contributed by atoms with Crippen molar-refractivity contribution in [2.45, 2.75) is 25.9 Å². The molecule has 0 atom stereocenters. The van der Waals surface area contributed by atoms with Gasteiger partial charge in [0.25, 0.3) is 0 Å². The molecule has 0 unspecified atom stereocenters. The van der Waals surface area contributed by atoms with Gasteiger partial charge >= 0.3 is 6.18 Å². The number of ketones is 1. The van der Waals surface area contributed by atoms with Crippen molar-refractivity contribution in [3.05, 3.63) is 81.6 Å². The number of benzene rings is 2. The van der Waals surface area contributed by atoms with E-state index in [0.29, 0.717) is 29.0 Å². The summed E-state index contributed by atoms with van der Waals surface area (Å²) < 4.78 is 43.9. The number of aryl methyl sites for hydroxylation is 2. The first kappa shape index (κ1) is 22.4. The van der Waals surface area contributed by atoms with E-state index < -0.39 is 11.7 Å². The molecule has 0 aliphatic carbocycles. The van der Waals surface area contributed by atoms with Gasteiger partial charge in [-0.3, -0.25) is 4.79 Å². The second kappa shape index (κ2) is 9.34. The Labute approximate surface area is 187 Å². The topological polar surface area (TPSA) is 55.1 Å². The number of aromatic nitrogens is 1. The van der Waals surface area contributed by atoms with Crippen LogP contribution in [0.4, 0.5) is 13.2 Å². The second-order valence-electron chi connectivity index (χ2n) is 7.47. The Kier molecular flexibility index (Phi) is 6.53. The van der Waals surface area contributed by atoms with E-state index in [1.165, 1.54) is 17.0 Å². The van der Waals surface area contributed by atoms with Crippen molar-refractivity contribution in [1.29, 1.82) is 0 Å². The number of thioether (sulfide) groups is 1. The van der Waals surface area contributed by atoms with Gasteiger partial charge in [-0.2, -0.15) is 13.2 Å². The van der Waals surface area contributed by atoms with Crippen LogP contribution in [-0.2, 0) is 12.6 Å². The fourth-order valence-corrected chi connectivity index (χ4v) is 4.19. The predicted octanol–water partition coefficient (Wildman–Crippen LogP) is 6.12. The van der Waals surface area contributed by atoms with Crippen molar-refractivity contribution >= 4 is 23.6 Å². The van der Waals surface area contributed by atoms with E-state index in [1.54, 1.807) is 18.7 Å². The van der Waals surface area contributed by atoms with Crippen LogP contribution in [0.3, 0.4) is 0 Å². The lowest BCUT2D eigenvalue weighted by Gasteiger charge is -2.06. The summed E-state index contributed by atoms with van der Waals surface area (Å²) in [5.74, 6) is 1.72. The molecule has 0 amide bonds. The minimum Gasteiger partial charge on any atom is -0.441 e. The van der Waals surface area contributed by atoms with Gasteiger partial charge in [0.15, 0.2) is 5.78 Å². The molecule has 4 rings (SSSR count). The molecular formula is C24H21F3N2O2S. The van der Waals surface area contributed by atoms with Crippen molar-refractivity contribution in [2.75, 3.05) is 12.4 Å². The van der Waals surface area contributed by atoms with E-state index >= 15 is 0 Å². The number of carbonyl (C=O) groups is 1. The van der Waals surface area contributed by atoms with Gasteiger partial charge < -0.3 is 9.73 Å². The zero-order chi connectivity index (χ0) is 22.7. The van der Waals surface area contributed by atoms with Crippen molar-refractivity contribution < 1.29 is 22.4 Å². The number of nitrogens with one attached hydrogen (secondary N) is 1. The average Bonchev–Trinajstić information content (AvgIpc) is 3.41. The van der Waals surface area contributed by atoms with Crippen LogP contribution in [0.2, 0.25) is 0 Å². The molecule has 0 bridgehead atoms. The summed E-state index contributed by atoms with van der Waals surface area (Å²) in [6, 6.07) is 12.2. The molecule has 3 aromatic rings. The first-order chi connectivity index (χ1) is 15.3. The first-order valence-electron chi connectivity index (χ1n) is 10.1. The third kappa shape index (κ3) is 5.31. The molecule has 0 radical (unpaired) electrons. The quantitative estimate of drug-likeness (QED) is 0.451. The fraction of sp³-hybridized carbons (Fsp3) is 0.250. The monoisotopic (exact) mass is 458 g/mol. The molecule has 2 aromatic carbocycles. The van der Waals surface area contributed by atoms with Gasteiger partial charge in [-0.15, -0.1) is 11.8 Å². The Hall–Kier alpha value is -2.84. The smallest absolute Gasteiger partial charge is 0.416 e. The normalized spacial score (nSPS) is 15.4. The number of alkyl halides is 3. The lowest BCUT2D eigenvalue weighted by atomic mass is 10.0. The Balaban J connectivity index is 1.39. The Morgan fingerprint density at radius 2 is 1.88 bits per heavy atom. The summed E-state index contributed by atoms with van der Waals surface area (Å²) in [5.41, 5.74) is 2.05. The SMILES string of the molecule is Cc1oc(-c2ccc(C(F)(F)F)cc2)nc1CCC(=O)c1ccc(C=C2CNCS2)cc1. The molecule has 1 aliphatic heterocycles. The van der Waals surface area contributed by atoms with E-state index in [4.69, 9.17) is 4.42 Å². The van der Waals surface area contributed by atoms with Crippen LogP contribution >= 0.6 is 11.8 Å². The molecule has 1 aliphatic rings. The first-order valence-corrected chi connectivity index (χ1v) is 11.1. The highest BCUT2D eigenvalue weighted by Crippen LogP contribution is 2.31. The minimum atomic E-state index is -4.39.